The number of rotatable bonds is 4. The van der Waals surface area contributed by atoms with Crippen LogP contribution in [0.25, 0.3) is 5.69 Å². The molecule has 2 aromatic carbocycles. The maximum absolute atomic E-state index is 12.9. The topological polar surface area (TPSA) is 59.8 Å². The molecule has 1 fully saturated rings. The summed E-state index contributed by atoms with van der Waals surface area (Å²) < 4.78 is 1.68. The van der Waals surface area contributed by atoms with Crippen molar-refractivity contribution in [2.75, 3.05) is 5.32 Å². The number of carbonyl (C=O) groups is 1. The van der Waals surface area contributed by atoms with Crippen molar-refractivity contribution in [1.82, 2.24) is 14.8 Å². The number of anilines is 1. The molecule has 1 amide bonds. The number of hydrogen-bond acceptors (Lipinski definition) is 3. The molecular weight excluding hydrogens is 300 g/mol. The summed E-state index contributed by atoms with van der Waals surface area (Å²) in [7, 11) is 0. The van der Waals surface area contributed by atoms with Gasteiger partial charge >= 0.3 is 0 Å². The summed E-state index contributed by atoms with van der Waals surface area (Å²) >= 11 is 0. The summed E-state index contributed by atoms with van der Waals surface area (Å²) in [5.74, 6) is 0.0773. The van der Waals surface area contributed by atoms with Crippen molar-refractivity contribution in [2.45, 2.75) is 24.7 Å². The summed E-state index contributed by atoms with van der Waals surface area (Å²) in [6, 6.07) is 17.7. The largest absolute Gasteiger partial charge is 0.325 e. The third-order valence-corrected chi connectivity index (χ3v) is 4.78. The number of hydrogen-bond donors (Lipinski definition) is 1. The minimum atomic E-state index is -0.383. The molecule has 0 unspecified atom stereocenters. The second kappa shape index (κ2) is 5.92. The van der Waals surface area contributed by atoms with Gasteiger partial charge in [0, 0.05) is 5.69 Å². The highest BCUT2D eigenvalue weighted by atomic mass is 16.2. The van der Waals surface area contributed by atoms with Gasteiger partial charge in [-0.25, -0.2) is 9.67 Å². The lowest BCUT2D eigenvalue weighted by Crippen LogP contribution is -2.45. The smallest absolute Gasteiger partial charge is 0.235 e. The molecule has 1 heterocycles. The Morgan fingerprint density at radius 2 is 1.79 bits per heavy atom. The predicted octanol–water partition coefficient (Wildman–Crippen LogP) is 3.33. The molecule has 5 nitrogen and oxygen atoms in total. The van der Waals surface area contributed by atoms with Gasteiger partial charge in [-0.2, -0.15) is 5.10 Å². The molecule has 5 heteroatoms. The molecule has 0 spiro atoms. The van der Waals surface area contributed by atoms with Gasteiger partial charge in [-0.3, -0.25) is 4.79 Å². The lowest BCUT2D eigenvalue weighted by atomic mass is 9.64. The maximum Gasteiger partial charge on any atom is 0.235 e. The van der Waals surface area contributed by atoms with Gasteiger partial charge in [-0.05, 0) is 42.7 Å². The Morgan fingerprint density at radius 3 is 2.38 bits per heavy atom. The zero-order valence-corrected chi connectivity index (χ0v) is 13.2. The van der Waals surface area contributed by atoms with E-state index >= 15 is 0 Å². The quantitative estimate of drug-likeness (QED) is 0.802. The van der Waals surface area contributed by atoms with Crippen LogP contribution in [-0.2, 0) is 10.2 Å². The van der Waals surface area contributed by atoms with Crippen molar-refractivity contribution in [3.8, 4) is 5.69 Å². The molecule has 0 atom stereocenters. The van der Waals surface area contributed by atoms with Crippen molar-refractivity contribution in [3.63, 3.8) is 0 Å². The number of aromatic nitrogens is 3. The van der Waals surface area contributed by atoms with Crippen molar-refractivity contribution in [1.29, 1.82) is 0 Å². The standard InChI is InChI=1S/C19H18N4O/c24-18(19(11-4-12-19)15-5-2-1-3-6-15)22-16-7-9-17(10-8-16)23-14-20-13-21-23/h1-3,5-10,13-14H,4,11-12H2,(H,22,24). The minimum absolute atomic E-state index is 0.0773. The van der Waals surface area contributed by atoms with E-state index in [0.29, 0.717) is 0 Å². The molecular formula is C19H18N4O. The highest BCUT2D eigenvalue weighted by Crippen LogP contribution is 2.44. The van der Waals surface area contributed by atoms with E-state index < -0.39 is 0 Å². The molecule has 1 aliphatic carbocycles. The molecule has 0 radical (unpaired) electrons. The Labute approximate surface area is 140 Å². The third kappa shape index (κ3) is 2.48. The molecule has 0 bridgehead atoms. The van der Waals surface area contributed by atoms with E-state index in [9.17, 15) is 4.79 Å². The number of benzene rings is 2. The first-order chi connectivity index (χ1) is 11.8. The monoisotopic (exact) mass is 318 g/mol. The average Bonchev–Trinajstić information content (AvgIpc) is 3.10. The van der Waals surface area contributed by atoms with E-state index in [1.165, 1.54) is 6.33 Å². The molecule has 120 valence electrons. The fraction of sp³-hybridized carbons (Fsp3) is 0.211. The number of carbonyl (C=O) groups excluding carboxylic acids is 1. The first-order valence-electron chi connectivity index (χ1n) is 8.10. The molecule has 0 saturated heterocycles. The minimum Gasteiger partial charge on any atom is -0.325 e. The Kier molecular flexibility index (Phi) is 3.61. The summed E-state index contributed by atoms with van der Waals surface area (Å²) in [6.45, 7) is 0. The average molecular weight is 318 g/mol. The summed E-state index contributed by atoms with van der Waals surface area (Å²) in [5.41, 5.74) is 2.43. The van der Waals surface area contributed by atoms with Gasteiger partial charge in [0.25, 0.3) is 0 Å². The van der Waals surface area contributed by atoms with Crippen LogP contribution in [0.1, 0.15) is 24.8 Å². The van der Waals surface area contributed by atoms with Gasteiger partial charge in [-0.1, -0.05) is 36.8 Å². The van der Waals surface area contributed by atoms with E-state index in [4.69, 9.17) is 0 Å². The second-order valence-electron chi connectivity index (χ2n) is 6.14. The SMILES string of the molecule is O=C(Nc1ccc(-n2cncn2)cc1)C1(c2ccccc2)CCC1. The number of amides is 1. The highest BCUT2D eigenvalue weighted by Gasteiger charge is 2.45. The third-order valence-electron chi connectivity index (χ3n) is 4.78. The van der Waals surface area contributed by atoms with Crippen LogP contribution in [-0.4, -0.2) is 20.7 Å². The first kappa shape index (κ1) is 14.6. The fourth-order valence-corrected chi connectivity index (χ4v) is 3.22. The second-order valence-corrected chi connectivity index (χ2v) is 6.14. The summed E-state index contributed by atoms with van der Waals surface area (Å²) in [4.78, 5) is 16.8. The van der Waals surface area contributed by atoms with Crippen LogP contribution in [0, 0.1) is 0 Å². The Balaban J connectivity index is 1.53. The first-order valence-corrected chi connectivity index (χ1v) is 8.10. The zero-order valence-electron chi connectivity index (χ0n) is 13.2. The molecule has 24 heavy (non-hydrogen) atoms. The van der Waals surface area contributed by atoms with E-state index in [2.05, 4.69) is 15.4 Å². The molecule has 1 N–H and O–H groups in total. The van der Waals surface area contributed by atoms with Crippen LogP contribution < -0.4 is 5.32 Å². The van der Waals surface area contributed by atoms with Gasteiger partial charge in [0.2, 0.25) is 5.91 Å². The van der Waals surface area contributed by atoms with Crippen LogP contribution in [0.5, 0.6) is 0 Å². The van der Waals surface area contributed by atoms with Crippen LogP contribution in [0.3, 0.4) is 0 Å². The predicted molar refractivity (Wildman–Crippen MR) is 92.0 cm³/mol. The van der Waals surface area contributed by atoms with Gasteiger partial charge in [0.1, 0.15) is 12.7 Å². The fourth-order valence-electron chi connectivity index (χ4n) is 3.22. The molecule has 1 saturated carbocycles. The van der Waals surface area contributed by atoms with Crippen molar-refractivity contribution in [2.24, 2.45) is 0 Å². The van der Waals surface area contributed by atoms with Gasteiger partial charge in [0.15, 0.2) is 0 Å². The zero-order chi connectivity index (χ0) is 16.4. The highest BCUT2D eigenvalue weighted by molar-refractivity contribution is 6.00. The Bertz CT molecular complexity index is 822. The normalized spacial score (nSPS) is 15.5. The molecule has 0 aliphatic heterocycles. The van der Waals surface area contributed by atoms with Crippen molar-refractivity contribution < 1.29 is 4.79 Å². The summed E-state index contributed by atoms with van der Waals surface area (Å²) in [5, 5.41) is 7.17. The summed E-state index contributed by atoms with van der Waals surface area (Å²) in [6.07, 6.45) is 6.04. The van der Waals surface area contributed by atoms with Crippen molar-refractivity contribution >= 4 is 11.6 Å². The van der Waals surface area contributed by atoms with Gasteiger partial charge in [-0.15, -0.1) is 0 Å². The van der Waals surface area contributed by atoms with Crippen LogP contribution in [0.2, 0.25) is 0 Å². The van der Waals surface area contributed by atoms with Crippen LogP contribution in [0.4, 0.5) is 5.69 Å². The Hall–Kier alpha value is -2.95. The number of nitrogens with one attached hydrogen (secondary N) is 1. The molecule has 4 rings (SSSR count). The molecule has 3 aromatic rings. The van der Waals surface area contributed by atoms with Gasteiger partial charge in [0.05, 0.1) is 11.1 Å². The van der Waals surface area contributed by atoms with E-state index in [0.717, 1.165) is 36.2 Å². The maximum atomic E-state index is 12.9. The van der Waals surface area contributed by atoms with Gasteiger partial charge < -0.3 is 5.32 Å². The van der Waals surface area contributed by atoms with Crippen LogP contribution in [0.15, 0.2) is 67.3 Å². The van der Waals surface area contributed by atoms with E-state index in [1.807, 2.05) is 54.6 Å². The molecule has 1 aliphatic rings. The number of nitrogens with zero attached hydrogens (tertiary/aromatic N) is 3. The van der Waals surface area contributed by atoms with Crippen molar-refractivity contribution in [3.05, 3.63) is 72.8 Å². The lowest BCUT2D eigenvalue weighted by molar-refractivity contribution is -0.124. The van der Waals surface area contributed by atoms with Crippen LogP contribution >= 0.6 is 0 Å². The van der Waals surface area contributed by atoms with E-state index in [-0.39, 0.29) is 11.3 Å². The Morgan fingerprint density at radius 1 is 1.04 bits per heavy atom. The van der Waals surface area contributed by atoms with E-state index in [1.54, 1.807) is 11.0 Å². The molecule has 1 aromatic heterocycles. The lowest BCUT2D eigenvalue weighted by Gasteiger charge is -2.40.